The van der Waals surface area contributed by atoms with E-state index in [1.807, 2.05) is 13.8 Å². The van der Waals surface area contributed by atoms with Crippen LogP contribution in [-0.2, 0) is 6.42 Å². The molecule has 1 heterocycles. The lowest BCUT2D eigenvalue weighted by atomic mass is 10.1. The third-order valence-electron chi connectivity index (χ3n) is 3.22. The molecule has 0 spiro atoms. The second kappa shape index (κ2) is 6.18. The topological polar surface area (TPSA) is 64.4 Å². The maximum atomic E-state index is 12.4. The number of nitrogens with one attached hydrogen (secondary N) is 1. The number of carbonyl (C=O) groups is 1. The summed E-state index contributed by atoms with van der Waals surface area (Å²) in [6.45, 7) is 5.49. The van der Waals surface area contributed by atoms with Crippen molar-refractivity contribution in [3.63, 3.8) is 0 Å². The molecular formula is C15H17ClN2O3. The average molecular weight is 309 g/mol. The number of nitrogens with zero attached hydrogens (tertiary/aromatic N) is 1. The number of hydrogen-bond donors (Lipinski definition) is 1. The maximum absolute atomic E-state index is 12.4. The van der Waals surface area contributed by atoms with Gasteiger partial charge in [0.2, 0.25) is 0 Å². The molecule has 1 aromatic carbocycles. The molecule has 0 aliphatic rings. The van der Waals surface area contributed by atoms with Crippen LogP contribution in [-0.4, -0.2) is 18.2 Å². The van der Waals surface area contributed by atoms with Crippen molar-refractivity contribution in [1.29, 1.82) is 0 Å². The minimum Gasteiger partial charge on any atom is -0.495 e. The molecule has 2 aromatic rings. The van der Waals surface area contributed by atoms with Crippen LogP contribution < -0.4 is 10.1 Å². The number of ether oxygens (including phenoxy) is 1. The number of rotatable bonds is 4. The first-order valence-corrected chi connectivity index (χ1v) is 6.96. The molecule has 1 N–H and O–H groups in total. The van der Waals surface area contributed by atoms with Crippen LogP contribution in [0.25, 0.3) is 0 Å². The fourth-order valence-electron chi connectivity index (χ4n) is 2.06. The molecule has 1 aromatic heterocycles. The highest BCUT2D eigenvalue weighted by molar-refractivity contribution is 6.31. The molecule has 0 fully saturated rings. The minimum atomic E-state index is -0.273. The van der Waals surface area contributed by atoms with Crippen LogP contribution in [0.3, 0.4) is 0 Å². The SMILES string of the molecule is CCc1noc(C)c1C(=O)Nc1cc(C)c(Cl)cc1OC. The van der Waals surface area contributed by atoms with Gasteiger partial charge in [-0.05, 0) is 31.9 Å². The summed E-state index contributed by atoms with van der Waals surface area (Å²) < 4.78 is 10.3. The van der Waals surface area contributed by atoms with E-state index < -0.39 is 0 Å². The van der Waals surface area contributed by atoms with Crippen molar-refractivity contribution in [2.75, 3.05) is 12.4 Å². The van der Waals surface area contributed by atoms with Gasteiger partial charge in [0.05, 0.1) is 18.5 Å². The van der Waals surface area contributed by atoms with Gasteiger partial charge in [-0.2, -0.15) is 0 Å². The first-order chi connectivity index (χ1) is 9.97. The van der Waals surface area contributed by atoms with Crippen molar-refractivity contribution >= 4 is 23.2 Å². The fourth-order valence-corrected chi connectivity index (χ4v) is 2.22. The highest BCUT2D eigenvalue weighted by atomic mass is 35.5. The van der Waals surface area contributed by atoms with Crippen LogP contribution in [0.15, 0.2) is 16.7 Å². The summed E-state index contributed by atoms with van der Waals surface area (Å²) in [6.07, 6.45) is 0.622. The van der Waals surface area contributed by atoms with E-state index in [1.54, 1.807) is 19.1 Å². The number of methoxy groups -OCH3 is 1. The van der Waals surface area contributed by atoms with E-state index in [1.165, 1.54) is 7.11 Å². The summed E-state index contributed by atoms with van der Waals surface area (Å²) in [4.78, 5) is 12.4. The molecule has 1 amide bonds. The van der Waals surface area contributed by atoms with E-state index in [2.05, 4.69) is 10.5 Å². The number of aryl methyl sites for hydroxylation is 3. The Morgan fingerprint density at radius 2 is 2.14 bits per heavy atom. The van der Waals surface area contributed by atoms with E-state index in [0.29, 0.717) is 39.9 Å². The van der Waals surface area contributed by atoms with Gasteiger partial charge in [0, 0.05) is 11.1 Å². The van der Waals surface area contributed by atoms with E-state index in [9.17, 15) is 4.79 Å². The number of amides is 1. The van der Waals surface area contributed by atoms with Crippen molar-refractivity contribution in [2.45, 2.75) is 27.2 Å². The lowest BCUT2D eigenvalue weighted by molar-refractivity contribution is 0.102. The summed E-state index contributed by atoms with van der Waals surface area (Å²) in [7, 11) is 1.53. The van der Waals surface area contributed by atoms with Gasteiger partial charge in [0.25, 0.3) is 5.91 Å². The van der Waals surface area contributed by atoms with E-state index in [4.69, 9.17) is 20.9 Å². The molecule has 21 heavy (non-hydrogen) atoms. The summed E-state index contributed by atoms with van der Waals surface area (Å²) in [5.41, 5.74) is 2.51. The van der Waals surface area contributed by atoms with Gasteiger partial charge in [-0.3, -0.25) is 4.79 Å². The molecule has 0 saturated carbocycles. The third-order valence-corrected chi connectivity index (χ3v) is 3.63. The highest BCUT2D eigenvalue weighted by Gasteiger charge is 2.20. The summed E-state index contributed by atoms with van der Waals surface area (Å²) in [6, 6.07) is 3.45. The molecule has 0 radical (unpaired) electrons. The van der Waals surface area contributed by atoms with Crippen LogP contribution in [0.5, 0.6) is 5.75 Å². The summed E-state index contributed by atoms with van der Waals surface area (Å²) in [5, 5.41) is 7.29. The van der Waals surface area contributed by atoms with Crippen molar-refractivity contribution in [2.24, 2.45) is 0 Å². The quantitative estimate of drug-likeness (QED) is 0.934. The molecule has 0 aliphatic carbocycles. The van der Waals surface area contributed by atoms with Crippen LogP contribution in [0.4, 0.5) is 5.69 Å². The molecule has 6 heteroatoms. The Balaban J connectivity index is 2.35. The second-order valence-electron chi connectivity index (χ2n) is 4.67. The Morgan fingerprint density at radius 1 is 1.43 bits per heavy atom. The number of hydrogen-bond acceptors (Lipinski definition) is 4. The molecular weight excluding hydrogens is 292 g/mol. The number of carbonyl (C=O) groups excluding carboxylic acids is 1. The number of aromatic nitrogens is 1. The Kier molecular flexibility index (Phi) is 4.53. The molecule has 112 valence electrons. The van der Waals surface area contributed by atoms with E-state index in [0.717, 1.165) is 5.56 Å². The molecule has 0 aliphatic heterocycles. The fraction of sp³-hybridized carbons (Fsp3) is 0.333. The normalized spacial score (nSPS) is 10.5. The van der Waals surface area contributed by atoms with Crippen molar-refractivity contribution in [3.8, 4) is 5.75 Å². The number of anilines is 1. The van der Waals surface area contributed by atoms with Gasteiger partial charge in [-0.15, -0.1) is 0 Å². The minimum absolute atomic E-state index is 0.273. The van der Waals surface area contributed by atoms with Crippen LogP contribution in [0.1, 0.15) is 34.3 Å². The van der Waals surface area contributed by atoms with E-state index >= 15 is 0 Å². The number of halogens is 1. The van der Waals surface area contributed by atoms with Gasteiger partial charge in [-0.25, -0.2) is 0 Å². The van der Waals surface area contributed by atoms with Crippen LogP contribution >= 0.6 is 11.6 Å². The first-order valence-electron chi connectivity index (χ1n) is 6.58. The van der Waals surface area contributed by atoms with Crippen LogP contribution in [0.2, 0.25) is 5.02 Å². The van der Waals surface area contributed by atoms with Gasteiger partial charge in [-0.1, -0.05) is 23.7 Å². The zero-order chi connectivity index (χ0) is 15.6. The van der Waals surface area contributed by atoms with Crippen molar-refractivity contribution in [3.05, 3.63) is 39.7 Å². The van der Waals surface area contributed by atoms with Crippen molar-refractivity contribution in [1.82, 2.24) is 5.16 Å². The smallest absolute Gasteiger partial charge is 0.261 e. The third kappa shape index (κ3) is 3.03. The Morgan fingerprint density at radius 3 is 2.76 bits per heavy atom. The van der Waals surface area contributed by atoms with Gasteiger partial charge in [0.15, 0.2) is 0 Å². The van der Waals surface area contributed by atoms with Crippen molar-refractivity contribution < 1.29 is 14.1 Å². The largest absolute Gasteiger partial charge is 0.495 e. The van der Waals surface area contributed by atoms with Gasteiger partial charge < -0.3 is 14.6 Å². The average Bonchev–Trinajstić information content (AvgIpc) is 2.83. The summed E-state index contributed by atoms with van der Waals surface area (Å²) >= 11 is 6.06. The monoisotopic (exact) mass is 308 g/mol. The zero-order valence-corrected chi connectivity index (χ0v) is 13.2. The molecule has 2 rings (SSSR count). The predicted molar refractivity (Wildman–Crippen MR) is 81.3 cm³/mol. The Bertz CT molecular complexity index is 680. The highest BCUT2D eigenvalue weighted by Crippen LogP contribution is 2.31. The molecule has 5 nitrogen and oxygen atoms in total. The zero-order valence-electron chi connectivity index (χ0n) is 12.4. The molecule has 0 atom stereocenters. The lowest BCUT2D eigenvalue weighted by Gasteiger charge is -2.12. The number of benzene rings is 1. The summed E-state index contributed by atoms with van der Waals surface area (Å²) in [5.74, 6) is 0.728. The predicted octanol–water partition coefficient (Wildman–Crippen LogP) is 3.77. The molecule has 0 bridgehead atoms. The molecule has 0 unspecified atom stereocenters. The van der Waals surface area contributed by atoms with E-state index in [-0.39, 0.29) is 5.91 Å². The Labute approximate surface area is 128 Å². The van der Waals surface area contributed by atoms with Crippen LogP contribution in [0, 0.1) is 13.8 Å². The molecule has 0 saturated heterocycles. The lowest BCUT2D eigenvalue weighted by Crippen LogP contribution is -2.15. The Hall–Kier alpha value is -2.01. The second-order valence-corrected chi connectivity index (χ2v) is 5.08. The van der Waals surface area contributed by atoms with Gasteiger partial charge in [0.1, 0.15) is 17.1 Å². The first kappa shape index (κ1) is 15.4. The maximum Gasteiger partial charge on any atom is 0.261 e. The van der Waals surface area contributed by atoms with Gasteiger partial charge >= 0.3 is 0 Å². The standard InChI is InChI=1S/C15H17ClN2O3/c1-5-11-14(9(3)21-18-11)15(19)17-12-6-8(2)10(16)7-13(12)20-4/h6-7H,5H2,1-4H3,(H,17,19).